The van der Waals surface area contributed by atoms with E-state index in [1.54, 1.807) is 0 Å². The highest BCUT2D eigenvalue weighted by molar-refractivity contribution is 5.85. The van der Waals surface area contributed by atoms with Crippen molar-refractivity contribution in [1.29, 1.82) is 0 Å². The molecule has 1 N–H and O–H groups in total. The maximum atomic E-state index is 13.0. The van der Waals surface area contributed by atoms with Crippen LogP contribution in [0.1, 0.15) is 0 Å². The predicted octanol–water partition coefficient (Wildman–Crippen LogP) is 1.74. The van der Waals surface area contributed by atoms with Crippen LogP contribution in [-0.4, -0.2) is 19.2 Å². The lowest BCUT2D eigenvalue weighted by Gasteiger charge is -2.27. The smallest absolute Gasteiger partial charge is 0.191 e. The molecule has 0 saturated carbocycles. The molecule has 0 atom stereocenters. The van der Waals surface area contributed by atoms with Gasteiger partial charge >= 0.3 is 0 Å². The Morgan fingerprint density at radius 1 is 1.21 bits per heavy atom. The van der Waals surface area contributed by atoms with E-state index in [1.807, 2.05) is 0 Å². The summed E-state index contributed by atoms with van der Waals surface area (Å²) in [5.41, 5.74) is 0. The first-order chi connectivity index (χ1) is 6.27. The summed E-state index contributed by atoms with van der Waals surface area (Å²) in [6, 6.07) is 3.69. The van der Waals surface area contributed by atoms with Gasteiger partial charge in [-0.1, -0.05) is 6.07 Å². The highest BCUT2D eigenvalue weighted by Crippen LogP contribution is 2.22. The lowest BCUT2D eigenvalue weighted by Crippen LogP contribution is -2.50. The van der Waals surface area contributed by atoms with Gasteiger partial charge in [-0.05, 0) is 12.1 Å². The summed E-state index contributed by atoms with van der Waals surface area (Å²) in [6.45, 7) is 1.29. The van der Waals surface area contributed by atoms with Crippen molar-refractivity contribution in [1.82, 2.24) is 5.32 Å². The molecule has 0 unspecified atom stereocenters. The summed E-state index contributed by atoms with van der Waals surface area (Å²) in [4.78, 5) is 0. The monoisotopic (exact) mass is 221 g/mol. The second kappa shape index (κ2) is 4.57. The van der Waals surface area contributed by atoms with E-state index in [-0.39, 0.29) is 24.3 Å². The normalized spacial score (nSPS) is 15.6. The number of halogens is 3. The molecule has 1 aliphatic rings. The largest absolute Gasteiger partial charge is 0.482 e. The Labute approximate surface area is 86.7 Å². The molecule has 1 aliphatic heterocycles. The quantitative estimate of drug-likeness (QED) is 0.822. The first-order valence-electron chi connectivity index (χ1n) is 4.09. The van der Waals surface area contributed by atoms with Crippen molar-refractivity contribution in [3.8, 4) is 5.75 Å². The molecule has 0 aromatic heterocycles. The molecular formula is C9H10ClF2NO. The van der Waals surface area contributed by atoms with Crippen LogP contribution < -0.4 is 10.1 Å². The van der Waals surface area contributed by atoms with Gasteiger partial charge in [0.2, 0.25) is 0 Å². The molecule has 2 rings (SSSR count). The summed E-state index contributed by atoms with van der Waals surface area (Å²) in [7, 11) is 0. The van der Waals surface area contributed by atoms with Gasteiger partial charge in [0.05, 0.1) is 0 Å². The fourth-order valence-corrected chi connectivity index (χ4v) is 1.11. The van der Waals surface area contributed by atoms with Crippen molar-refractivity contribution >= 4 is 12.4 Å². The number of para-hydroxylation sites is 1. The number of rotatable bonds is 2. The zero-order chi connectivity index (χ0) is 9.26. The Hall–Kier alpha value is -0.870. The zero-order valence-corrected chi connectivity index (χ0v) is 8.11. The highest BCUT2D eigenvalue weighted by atomic mass is 35.5. The zero-order valence-electron chi connectivity index (χ0n) is 7.30. The molecule has 78 valence electrons. The van der Waals surface area contributed by atoms with Gasteiger partial charge in [-0.3, -0.25) is 0 Å². The summed E-state index contributed by atoms with van der Waals surface area (Å²) in [5.74, 6) is -1.56. The second-order valence-electron chi connectivity index (χ2n) is 2.95. The van der Waals surface area contributed by atoms with Crippen LogP contribution in [0, 0.1) is 11.6 Å². The number of nitrogens with one attached hydrogen (secondary N) is 1. The molecule has 0 spiro atoms. The molecule has 1 fully saturated rings. The SMILES string of the molecule is Cl.Fc1cccc(F)c1OC1CNC1. The predicted molar refractivity (Wildman–Crippen MR) is 50.9 cm³/mol. The number of ether oxygens (including phenoxy) is 1. The summed E-state index contributed by atoms with van der Waals surface area (Å²) in [5, 5.41) is 2.95. The summed E-state index contributed by atoms with van der Waals surface area (Å²) < 4.78 is 31.1. The highest BCUT2D eigenvalue weighted by Gasteiger charge is 2.21. The van der Waals surface area contributed by atoms with Crippen LogP contribution in [0.25, 0.3) is 0 Å². The lowest BCUT2D eigenvalue weighted by molar-refractivity contribution is 0.130. The van der Waals surface area contributed by atoms with E-state index in [4.69, 9.17) is 4.74 Å². The van der Waals surface area contributed by atoms with Crippen molar-refractivity contribution in [3.05, 3.63) is 29.8 Å². The van der Waals surface area contributed by atoms with Gasteiger partial charge in [0.25, 0.3) is 0 Å². The number of hydrogen-bond acceptors (Lipinski definition) is 2. The number of hydrogen-bond donors (Lipinski definition) is 1. The fourth-order valence-electron chi connectivity index (χ4n) is 1.11. The van der Waals surface area contributed by atoms with E-state index in [0.29, 0.717) is 13.1 Å². The van der Waals surface area contributed by atoms with Gasteiger partial charge in [-0.25, -0.2) is 8.78 Å². The van der Waals surface area contributed by atoms with Crippen molar-refractivity contribution in [2.45, 2.75) is 6.10 Å². The molecule has 0 amide bonds. The van der Waals surface area contributed by atoms with E-state index in [1.165, 1.54) is 18.2 Å². The van der Waals surface area contributed by atoms with Crippen LogP contribution in [0.3, 0.4) is 0 Å². The van der Waals surface area contributed by atoms with Gasteiger partial charge < -0.3 is 10.1 Å². The van der Waals surface area contributed by atoms with Gasteiger partial charge in [0.1, 0.15) is 6.10 Å². The first kappa shape index (κ1) is 11.2. The van der Waals surface area contributed by atoms with Crippen LogP contribution >= 0.6 is 12.4 Å². The van der Waals surface area contributed by atoms with E-state index in [9.17, 15) is 8.78 Å². The van der Waals surface area contributed by atoms with E-state index in [0.717, 1.165) is 0 Å². The fraction of sp³-hybridized carbons (Fsp3) is 0.333. The van der Waals surface area contributed by atoms with Crippen molar-refractivity contribution in [2.24, 2.45) is 0 Å². The molecule has 0 radical (unpaired) electrons. The van der Waals surface area contributed by atoms with Gasteiger partial charge in [-0.2, -0.15) is 0 Å². The van der Waals surface area contributed by atoms with E-state index >= 15 is 0 Å². The third-order valence-corrected chi connectivity index (χ3v) is 1.95. The lowest BCUT2D eigenvalue weighted by atomic mass is 10.2. The summed E-state index contributed by atoms with van der Waals surface area (Å²) in [6.07, 6.45) is -0.105. The van der Waals surface area contributed by atoms with E-state index < -0.39 is 11.6 Å². The topological polar surface area (TPSA) is 21.3 Å². The van der Waals surface area contributed by atoms with Crippen LogP contribution in [0.15, 0.2) is 18.2 Å². The Morgan fingerprint density at radius 2 is 1.79 bits per heavy atom. The molecule has 0 bridgehead atoms. The Balaban J connectivity index is 0.000000980. The molecule has 1 saturated heterocycles. The molecule has 2 nitrogen and oxygen atoms in total. The summed E-state index contributed by atoms with van der Waals surface area (Å²) >= 11 is 0. The second-order valence-corrected chi connectivity index (χ2v) is 2.95. The molecule has 14 heavy (non-hydrogen) atoms. The molecule has 1 heterocycles. The standard InChI is InChI=1S/C9H9F2NO.ClH/c10-7-2-1-3-8(11)9(7)13-6-4-12-5-6;/h1-3,6,12H,4-5H2;1H. The van der Waals surface area contributed by atoms with Crippen molar-refractivity contribution < 1.29 is 13.5 Å². The van der Waals surface area contributed by atoms with Gasteiger partial charge in [-0.15, -0.1) is 12.4 Å². The van der Waals surface area contributed by atoms with Crippen LogP contribution in [0.5, 0.6) is 5.75 Å². The maximum Gasteiger partial charge on any atom is 0.191 e. The first-order valence-corrected chi connectivity index (χ1v) is 4.09. The Bertz CT molecular complexity index is 297. The van der Waals surface area contributed by atoms with Crippen LogP contribution in [0.2, 0.25) is 0 Å². The third kappa shape index (κ3) is 2.13. The van der Waals surface area contributed by atoms with E-state index in [2.05, 4.69) is 5.32 Å². The average Bonchev–Trinajstić information content (AvgIpc) is 2.00. The maximum absolute atomic E-state index is 13.0. The minimum Gasteiger partial charge on any atom is -0.482 e. The molecule has 0 aliphatic carbocycles. The molecular weight excluding hydrogens is 212 g/mol. The minimum absolute atomic E-state index is 0. The minimum atomic E-state index is -0.646. The van der Waals surface area contributed by atoms with Crippen LogP contribution in [0.4, 0.5) is 8.78 Å². The average molecular weight is 222 g/mol. The molecule has 5 heteroatoms. The Morgan fingerprint density at radius 3 is 2.21 bits per heavy atom. The van der Waals surface area contributed by atoms with Crippen molar-refractivity contribution in [3.63, 3.8) is 0 Å². The van der Waals surface area contributed by atoms with Gasteiger partial charge in [0.15, 0.2) is 17.4 Å². The van der Waals surface area contributed by atoms with Crippen molar-refractivity contribution in [2.75, 3.05) is 13.1 Å². The Kier molecular flexibility index (Phi) is 3.66. The molecule has 1 aromatic rings. The van der Waals surface area contributed by atoms with Crippen LogP contribution in [-0.2, 0) is 0 Å². The van der Waals surface area contributed by atoms with Gasteiger partial charge in [0, 0.05) is 13.1 Å². The molecule has 1 aromatic carbocycles. The number of benzene rings is 1. The third-order valence-electron chi connectivity index (χ3n) is 1.95.